The van der Waals surface area contributed by atoms with Crippen molar-refractivity contribution in [2.24, 2.45) is 22.7 Å². The van der Waals surface area contributed by atoms with Crippen molar-refractivity contribution in [3.8, 4) is 0 Å². The lowest BCUT2D eigenvalue weighted by molar-refractivity contribution is -0.295. The van der Waals surface area contributed by atoms with Crippen molar-refractivity contribution in [3.63, 3.8) is 0 Å². The molecule has 1 aromatic heterocycles. The molecule has 5 heterocycles. The zero-order valence-electron chi connectivity index (χ0n) is 34.3. The lowest BCUT2D eigenvalue weighted by Crippen LogP contribution is -2.59. The van der Waals surface area contributed by atoms with Crippen LogP contribution < -0.4 is 0 Å². The Labute approximate surface area is 330 Å². The average molecular weight is 777 g/mol. The molecule has 0 radical (unpaired) electrons. The first kappa shape index (κ1) is 41.9. The molecule has 6 rings (SSSR count). The van der Waals surface area contributed by atoms with E-state index < -0.39 is 66.4 Å². The molecule has 13 heteroatoms. The number of esters is 1. The maximum atomic E-state index is 13.8. The van der Waals surface area contributed by atoms with Crippen molar-refractivity contribution >= 4 is 34.8 Å². The number of ether oxygens (including phenoxy) is 5. The molecule has 2 N–H and O–H groups in total. The third-order valence-corrected chi connectivity index (χ3v) is 12.2. The fourth-order valence-corrected chi connectivity index (χ4v) is 9.48. The minimum atomic E-state index is -1.34. The van der Waals surface area contributed by atoms with E-state index in [-0.39, 0.29) is 36.2 Å². The SMILES string of the molecule is C/C1=C\[C@H](C)[C@@H](O[C@H]2O[C@@H](C)C[C@@H](N(C)C)C2O)[C@@](C)(OC/C=C/c2cnc3ccccc3c2)C[C@@H](C)C2=NCCN3C(=O)O[C@](C)([C@@H](CO)OC1=O)[C@H]3[C@H]2C. The van der Waals surface area contributed by atoms with Gasteiger partial charge in [-0.05, 0) is 78.2 Å². The van der Waals surface area contributed by atoms with E-state index in [0.29, 0.717) is 25.9 Å². The van der Waals surface area contributed by atoms with Crippen molar-refractivity contribution in [2.45, 2.75) is 115 Å². The highest BCUT2D eigenvalue weighted by Crippen LogP contribution is 2.43. The molecule has 0 saturated carbocycles. The minimum Gasteiger partial charge on any atom is -0.452 e. The van der Waals surface area contributed by atoms with Crippen LogP contribution in [0.15, 0.2) is 59.2 Å². The Balaban J connectivity index is 1.41. The maximum absolute atomic E-state index is 13.8. The second-order valence-corrected chi connectivity index (χ2v) is 16.8. The van der Waals surface area contributed by atoms with Crippen LogP contribution in [0.1, 0.15) is 66.9 Å². The fourth-order valence-electron chi connectivity index (χ4n) is 9.48. The number of hydrogen-bond donors (Lipinski definition) is 2. The van der Waals surface area contributed by atoms with Crippen LogP contribution in [0, 0.1) is 17.8 Å². The topological polar surface area (TPSA) is 152 Å². The predicted octanol–water partition coefficient (Wildman–Crippen LogP) is 5.03. The number of benzene rings is 1. The predicted molar refractivity (Wildman–Crippen MR) is 213 cm³/mol. The molecule has 306 valence electrons. The largest absolute Gasteiger partial charge is 0.452 e. The molecule has 4 aliphatic heterocycles. The summed E-state index contributed by atoms with van der Waals surface area (Å²) in [5, 5.41) is 23.3. The van der Waals surface area contributed by atoms with Gasteiger partial charge in [0.2, 0.25) is 0 Å². The summed E-state index contributed by atoms with van der Waals surface area (Å²) in [4.78, 5) is 40.5. The van der Waals surface area contributed by atoms with Crippen molar-refractivity contribution in [1.29, 1.82) is 0 Å². The zero-order chi connectivity index (χ0) is 40.5. The third-order valence-electron chi connectivity index (χ3n) is 12.2. The van der Waals surface area contributed by atoms with Crippen LogP contribution in [0.5, 0.6) is 0 Å². The molecular weight excluding hydrogens is 716 g/mol. The number of likely N-dealkylation sites (N-methyl/N-ethyl adjacent to an activating group) is 1. The number of hydrogen-bond acceptors (Lipinski definition) is 12. The normalized spacial score (nSPS) is 38.1. The van der Waals surface area contributed by atoms with E-state index in [4.69, 9.17) is 28.7 Å². The van der Waals surface area contributed by atoms with Crippen molar-refractivity contribution < 1.29 is 43.5 Å². The minimum absolute atomic E-state index is 0.185. The number of carbonyl (C=O) groups excluding carboxylic acids is 2. The summed E-state index contributed by atoms with van der Waals surface area (Å²) in [6.45, 7) is 13.8. The number of aliphatic hydroxyl groups excluding tert-OH is 2. The zero-order valence-corrected chi connectivity index (χ0v) is 34.3. The van der Waals surface area contributed by atoms with Crippen LogP contribution in [0.4, 0.5) is 4.79 Å². The monoisotopic (exact) mass is 776 g/mol. The van der Waals surface area contributed by atoms with E-state index in [1.54, 1.807) is 24.8 Å². The van der Waals surface area contributed by atoms with Crippen LogP contribution in [0.25, 0.3) is 17.0 Å². The van der Waals surface area contributed by atoms with Gasteiger partial charge in [-0.2, -0.15) is 0 Å². The second kappa shape index (κ2) is 17.0. The molecule has 1 unspecified atom stereocenters. The van der Waals surface area contributed by atoms with Crippen LogP contribution >= 0.6 is 0 Å². The summed E-state index contributed by atoms with van der Waals surface area (Å²) in [6.07, 6.45) is 4.07. The van der Waals surface area contributed by atoms with Crippen molar-refractivity contribution in [3.05, 3.63) is 59.8 Å². The Morgan fingerprint density at radius 1 is 1.12 bits per heavy atom. The molecule has 1 amide bonds. The molecule has 12 atom stereocenters. The van der Waals surface area contributed by atoms with Crippen LogP contribution in [-0.2, 0) is 28.5 Å². The number of amides is 1. The first-order chi connectivity index (χ1) is 26.6. The number of nitrogens with zero attached hydrogens (tertiary/aromatic N) is 4. The number of aromatic nitrogens is 1. The van der Waals surface area contributed by atoms with Gasteiger partial charge in [-0.15, -0.1) is 0 Å². The lowest BCUT2D eigenvalue weighted by Gasteiger charge is -2.47. The lowest BCUT2D eigenvalue weighted by atomic mass is 9.74. The van der Waals surface area contributed by atoms with Gasteiger partial charge >= 0.3 is 12.1 Å². The maximum Gasteiger partial charge on any atom is 0.411 e. The number of para-hydroxylation sites is 1. The van der Waals surface area contributed by atoms with Gasteiger partial charge in [0.15, 0.2) is 18.0 Å². The first-order valence-corrected chi connectivity index (χ1v) is 19.9. The highest BCUT2D eigenvalue weighted by atomic mass is 16.7. The average Bonchev–Trinajstić information content (AvgIpc) is 3.28. The molecule has 2 aromatic rings. The Morgan fingerprint density at radius 2 is 1.88 bits per heavy atom. The molecule has 0 spiro atoms. The Hall–Kier alpha value is -3.72. The summed E-state index contributed by atoms with van der Waals surface area (Å²) < 4.78 is 32.2. The van der Waals surface area contributed by atoms with E-state index in [1.165, 1.54) is 0 Å². The third kappa shape index (κ3) is 8.44. The molecule has 0 aliphatic carbocycles. The Kier molecular flexibility index (Phi) is 12.7. The van der Waals surface area contributed by atoms with Gasteiger partial charge in [-0.3, -0.25) is 14.9 Å². The summed E-state index contributed by atoms with van der Waals surface area (Å²) in [5.41, 5.74) is 0.612. The van der Waals surface area contributed by atoms with Gasteiger partial charge in [0.25, 0.3) is 0 Å². The Morgan fingerprint density at radius 3 is 2.61 bits per heavy atom. The van der Waals surface area contributed by atoms with E-state index >= 15 is 0 Å². The molecular formula is C43H60N4O9. The number of carbonyl (C=O) groups is 2. The van der Waals surface area contributed by atoms with Crippen LogP contribution in [0.2, 0.25) is 0 Å². The summed E-state index contributed by atoms with van der Waals surface area (Å²) >= 11 is 0. The number of aliphatic hydroxyl groups is 2. The van der Waals surface area contributed by atoms with Crippen LogP contribution in [0.3, 0.4) is 0 Å². The molecule has 4 aliphatic rings. The van der Waals surface area contributed by atoms with Gasteiger partial charge in [-0.25, -0.2) is 9.59 Å². The summed E-state index contributed by atoms with van der Waals surface area (Å²) in [7, 11) is 3.86. The van der Waals surface area contributed by atoms with Crippen molar-refractivity contribution in [1.82, 2.24) is 14.8 Å². The number of cyclic esters (lactones) is 1. The highest BCUT2D eigenvalue weighted by molar-refractivity contribution is 5.91. The van der Waals surface area contributed by atoms with Crippen LogP contribution in [-0.4, -0.2) is 137 Å². The number of aliphatic imine (C=N–C) groups is 1. The number of rotatable bonds is 8. The molecule has 2 fully saturated rings. The standard InChI is InChI=1S/C43H60N4O9/c1-25-19-26(2)39(50)54-34(24-48)43(7)37-29(5)35(44-16-17-47(37)41(51)56-43)27(3)22-42(6,38(25)55-40-36(49)33(46(8)9)20-28(4)53-40)52-18-12-13-30-21-31-14-10-11-15-32(31)45-23-30/h10-15,19,21,23,25,27-29,33-34,36-38,40,48-49H,16-18,20,22,24H2,1-9H3/b13-12+,26-19+/t25-,27+,28-,29-,33+,34+,36?,37+,38+,40+,42-,43+/m0/s1. The molecule has 13 nitrogen and oxygen atoms in total. The molecule has 56 heavy (non-hydrogen) atoms. The van der Waals surface area contributed by atoms with Gasteiger partial charge in [-0.1, -0.05) is 57.2 Å². The second-order valence-electron chi connectivity index (χ2n) is 16.8. The van der Waals surface area contributed by atoms with E-state index in [0.717, 1.165) is 22.2 Å². The van der Waals surface area contributed by atoms with E-state index in [9.17, 15) is 19.8 Å². The van der Waals surface area contributed by atoms with Gasteiger partial charge in [0.1, 0.15) is 6.10 Å². The smallest absolute Gasteiger partial charge is 0.411 e. The van der Waals surface area contributed by atoms with E-state index in [2.05, 4.69) is 18.0 Å². The van der Waals surface area contributed by atoms with Gasteiger partial charge in [0.05, 0.1) is 49.1 Å². The number of pyridine rings is 1. The fraction of sp³-hybridized carbons (Fsp3) is 0.628. The van der Waals surface area contributed by atoms with Gasteiger partial charge in [0, 0.05) is 47.3 Å². The highest BCUT2D eigenvalue weighted by Gasteiger charge is 2.60. The number of fused-ring (bicyclic) bond motifs is 2. The molecule has 1 aromatic carbocycles. The summed E-state index contributed by atoms with van der Waals surface area (Å²) in [6, 6.07) is 9.27. The quantitative estimate of drug-likeness (QED) is 0.348. The molecule has 2 bridgehead atoms. The molecule has 2 saturated heterocycles. The first-order valence-electron chi connectivity index (χ1n) is 19.9. The van der Waals surface area contributed by atoms with E-state index in [1.807, 2.05) is 89.3 Å². The summed E-state index contributed by atoms with van der Waals surface area (Å²) in [5.74, 6) is -1.64. The van der Waals surface area contributed by atoms with Gasteiger partial charge < -0.3 is 38.8 Å². The Bertz CT molecular complexity index is 1830. The van der Waals surface area contributed by atoms with Crippen molar-refractivity contribution in [2.75, 3.05) is 40.4 Å².